The molecule has 0 radical (unpaired) electrons. The standard InChI is InChI=1S/C13H19N3O.C2H6/c1-11-2-3-13(14-8-11)16-5-4-15-6-7-17-10-12(15)9-16;1-2/h2-3,8,12H,4-7,9-10H2,1H3;1-2H3. The van der Waals surface area contributed by atoms with E-state index in [1.165, 1.54) is 5.56 Å². The third-order valence-electron chi connectivity index (χ3n) is 3.66. The van der Waals surface area contributed by atoms with E-state index in [9.17, 15) is 0 Å². The number of aromatic nitrogens is 1. The number of hydrogen-bond donors (Lipinski definition) is 0. The molecule has 19 heavy (non-hydrogen) atoms. The molecule has 1 atom stereocenters. The molecule has 0 amide bonds. The second-order valence-electron chi connectivity index (χ2n) is 4.90. The molecule has 2 aliphatic heterocycles. The van der Waals surface area contributed by atoms with Crippen molar-refractivity contribution in [2.75, 3.05) is 44.3 Å². The molecular formula is C15H25N3O. The first-order valence-corrected chi connectivity index (χ1v) is 7.32. The fourth-order valence-corrected chi connectivity index (χ4v) is 2.60. The quantitative estimate of drug-likeness (QED) is 0.774. The van der Waals surface area contributed by atoms with Gasteiger partial charge in [0, 0.05) is 32.4 Å². The van der Waals surface area contributed by atoms with E-state index in [0.29, 0.717) is 6.04 Å². The summed E-state index contributed by atoms with van der Waals surface area (Å²) in [5, 5.41) is 0. The Morgan fingerprint density at radius 1 is 1.21 bits per heavy atom. The maximum absolute atomic E-state index is 5.55. The van der Waals surface area contributed by atoms with Crippen molar-refractivity contribution in [2.24, 2.45) is 0 Å². The molecule has 1 aromatic rings. The topological polar surface area (TPSA) is 28.6 Å². The van der Waals surface area contributed by atoms with Crippen LogP contribution in [0.1, 0.15) is 19.4 Å². The van der Waals surface area contributed by atoms with Gasteiger partial charge in [-0.1, -0.05) is 19.9 Å². The molecule has 0 aliphatic carbocycles. The highest BCUT2D eigenvalue weighted by Gasteiger charge is 2.29. The van der Waals surface area contributed by atoms with E-state index in [1.807, 2.05) is 20.0 Å². The molecule has 0 bridgehead atoms. The van der Waals surface area contributed by atoms with Crippen LogP contribution < -0.4 is 4.90 Å². The number of pyridine rings is 1. The first-order chi connectivity index (χ1) is 9.33. The van der Waals surface area contributed by atoms with Gasteiger partial charge in [-0.25, -0.2) is 4.98 Å². The van der Waals surface area contributed by atoms with Crippen molar-refractivity contribution in [3.05, 3.63) is 23.9 Å². The van der Waals surface area contributed by atoms with Crippen molar-refractivity contribution in [3.8, 4) is 0 Å². The Hall–Kier alpha value is -1.13. The zero-order valence-corrected chi connectivity index (χ0v) is 12.3. The molecule has 0 aromatic carbocycles. The average molecular weight is 263 g/mol. The number of morpholine rings is 1. The monoisotopic (exact) mass is 263 g/mol. The van der Waals surface area contributed by atoms with Gasteiger partial charge in [-0.2, -0.15) is 0 Å². The fraction of sp³-hybridized carbons (Fsp3) is 0.667. The molecule has 2 saturated heterocycles. The van der Waals surface area contributed by atoms with Gasteiger partial charge in [0.1, 0.15) is 5.82 Å². The Morgan fingerprint density at radius 3 is 2.79 bits per heavy atom. The predicted molar refractivity (Wildman–Crippen MR) is 78.7 cm³/mol. The highest BCUT2D eigenvalue weighted by molar-refractivity contribution is 5.40. The Labute approximate surface area is 116 Å². The molecule has 0 saturated carbocycles. The van der Waals surface area contributed by atoms with Crippen LogP contribution in [0.15, 0.2) is 18.3 Å². The summed E-state index contributed by atoms with van der Waals surface area (Å²) in [7, 11) is 0. The van der Waals surface area contributed by atoms with Gasteiger partial charge in [0.2, 0.25) is 0 Å². The first kappa shape index (κ1) is 14.3. The van der Waals surface area contributed by atoms with Crippen LogP contribution in [0, 0.1) is 6.92 Å². The van der Waals surface area contributed by atoms with Crippen molar-refractivity contribution < 1.29 is 4.74 Å². The molecule has 4 nitrogen and oxygen atoms in total. The van der Waals surface area contributed by atoms with Crippen molar-refractivity contribution in [2.45, 2.75) is 26.8 Å². The van der Waals surface area contributed by atoms with E-state index in [2.05, 4.69) is 33.8 Å². The van der Waals surface area contributed by atoms with Crippen LogP contribution >= 0.6 is 0 Å². The molecule has 3 rings (SSSR count). The van der Waals surface area contributed by atoms with Gasteiger partial charge in [-0.15, -0.1) is 0 Å². The van der Waals surface area contributed by atoms with E-state index >= 15 is 0 Å². The Kier molecular flexibility index (Phi) is 5.16. The van der Waals surface area contributed by atoms with E-state index in [1.54, 1.807) is 0 Å². The van der Waals surface area contributed by atoms with E-state index in [4.69, 9.17) is 4.74 Å². The lowest BCUT2D eigenvalue weighted by Gasteiger charge is -2.44. The third-order valence-corrected chi connectivity index (χ3v) is 3.66. The molecule has 106 valence electrons. The molecule has 0 N–H and O–H groups in total. The van der Waals surface area contributed by atoms with Crippen LogP contribution in [-0.4, -0.2) is 55.3 Å². The molecule has 2 fully saturated rings. The second kappa shape index (κ2) is 6.87. The summed E-state index contributed by atoms with van der Waals surface area (Å²) in [5.41, 5.74) is 1.22. The van der Waals surface area contributed by atoms with Gasteiger partial charge in [0.05, 0.1) is 19.3 Å². The summed E-state index contributed by atoms with van der Waals surface area (Å²) in [4.78, 5) is 9.41. The number of anilines is 1. The van der Waals surface area contributed by atoms with Crippen molar-refractivity contribution in [1.82, 2.24) is 9.88 Å². The van der Waals surface area contributed by atoms with Gasteiger partial charge in [0.15, 0.2) is 0 Å². The summed E-state index contributed by atoms with van der Waals surface area (Å²) in [5.74, 6) is 1.10. The minimum Gasteiger partial charge on any atom is -0.378 e. The van der Waals surface area contributed by atoms with Crippen LogP contribution in [0.5, 0.6) is 0 Å². The van der Waals surface area contributed by atoms with Crippen LogP contribution in [-0.2, 0) is 4.74 Å². The van der Waals surface area contributed by atoms with Crippen LogP contribution in [0.4, 0.5) is 5.82 Å². The van der Waals surface area contributed by atoms with Gasteiger partial charge in [-0.05, 0) is 18.6 Å². The number of fused-ring (bicyclic) bond motifs is 1. The lowest BCUT2D eigenvalue weighted by Crippen LogP contribution is -2.58. The second-order valence-corrected chi connectivity index (χ2v) is 4.90. The van der Waals surface area contributed by atoms with Crippen LogP contribution in [0.25, 0.3) is 0 Å². The van der Waals surface area contributed by atoms with Gasteiger partial charge in [-0.3, -0.25) is 4.90 Å². The van der Waals surface area contributed by atoms with E-state index in [0.717, 1.165) is 45.2 Å². The van der Waals surface area contributed by atoms with Gasteiger partial charge >= 0.3 is 0 Å². The summed E-state index contributed by atoms with van der Waals surface area (Å²) < 4.78 is 5.55. The minimum absolute atomic E-state index is 0.542. The smallest absolute Gasteiger partial charge is 0.128 e. The summed E-state index contributed by atoms with van der Waals surface area (Å²) >= 11 is 0. The van der Waals surface area contributed by atoms with Crippen molar-refractivity contribution in [3.63, 3.8) is 0 Å². The molecule has 3 heterocycles. The zero-order chi connectivity index (χ0) is 13.7. The lowest BCUT2D eigenvalue weighted by atomic mass is 10.1. The lowest BCUT2D eigenvalue weighted by molar-refractivity contribution is -0.0117. The molecule has 4 heteroatoms. The number of piperazine rings is 1. The van der Waals surface area contributed by atoms with Crippen molar-refractivity contribution in [1.29, 1.82) is 0 Å². The zero-order valence-electron chi connectivity index (χ0n) is 12.3. The SMILES string of the molecule is CC.Cc1ccc(N2CCN3CCOCC3C2)nc1. The highest BCUT2D eigenvalue weighted by atomic mass is 16.5. The molecule has 1 unspecified atom stereocenters. The van der Waals surface area contributed by atoms with Gasteiger partial charge in [0.25, 0.3) is 0 Å². The number of hydrogen-bond acceptors (Lipinski definition) is 4. The number of nitrogens with zero attached hydrogens (tertiary/aromatic N) is 3. The number of ether oxygens (including phenoxy) is 1. The summed E-state index contributed by atoms with van der Waals surface area (Å²) in [6, 6.07) is 4.79. The van der Waals surface area contributed by atoms with Crippen LogP contribution in [0.2, 0.25) is 0 Å². The predicted octanol–water partition coefficient (Wildman–Crippen LogP) is 1.94. The number of aryl methyl sites for hydroxylation is 1. The molecule has 2 aliphatic rings. The summed E-state index contributed by atoms with van der Waals surface area (Å²) in [6.07, 6.45) is 1.94. The Balaban J connectivity index is 0.000000637. The first-order valence-electron chi connectivity index (χ1n) is 7.32. The maximum atomic E-state index is 5.55. The normalized spacial score (nSPS) is 23.3. The van der Waals surface area contributed by atoms with E-state index < -0.39 is 0 Å². The maximum Gasteiger partial charge on any atom is 0.128 e. The fourth-order valence-electron chi connectivity index (χ4n) is 2.60. The average Bonchev–Trinajstić information content (AvgIpc) is 2.49. The van der Waals surface area contributed by atoms with Gasteiger partial charge < -0.3 is 9.64 Å². The molecular weight excluding hydrogens is 238 g/mol. The number of rotatable bonds is 1. The Morgan fingerprint density at radius 2 is 2.05 bits per heavy atom. The van der Waals surface area contributed by atoms with E-state index in [-0.39, 0.29) is 0 Å². The third kappa shape index (κ3) is 3.45. The molecule has 0 spiro atoms. The summed E-state index contributed by atoms with van der Waals surface area (Å²) in [6.45, 7) is 12.2. The molecule has 1 aromatic heterocycles. The largest absolute Gasteiger partial charge is 0.378 e. The Bertz CT molecular complexity index is 379. The minimum atomic E-state index is 0.542. The van der Waals surface area contributed by atoms with Crippen molar-refractivity contribution >= 4 is 5.82 Å². The van der Waals surface area contributed by atoms with Crippen LogP contribution in [0.3, 0.4) is 0 Å². The highest BCUT2D eigenvalue weighted by Crippen LogP contribution is 2.19.